The minimum absolute atomic E-state index is 0.0504. The Labute approximate surface area is 98.1 Å². The molecule has 17 heavy (non-hydrogen) atoms. The Morgan fingerprint density at radius 1 is 1.35 bits per heavy atom. The number of rotatable bonds is 5. The summed E-state index contributed by atoms with van der Waals surface area (Å²) < 4.78 is 0. The van der Waals surface area contributed by atoms with E-state index in [1.54, 1.807) is 12.1 Å². The molecular weight excluding hydrogens is 224 g/mol. The van der Waals surface area contributed by atoms with Crippen LogP contribution in [-0.4, -0.2) is 28.1 Å². The van der Waals surface area contributed by atoms with Crippen molar-refractivity contribution in [3.05, 3.63) is 24.3 Å². The van der Waals surface area contributed by atoms with Crippen LogP contribution in [0.5, 0.6) is 5.75 Å². The first-order valence-electron chi connectivity index (χ1n) is 5.07. The zero-order chi connectivity index (χ0) is 12.8. The summed E-state index contributed by atoms with van der Waals surface area (Å²) >= 11 is 0. The van der Waals surface area contributed by atoms with Crippen molar-refractivity contribution in [1.82, 2.24) is 0 Å². The molecule has 0 heterocycles. The first-order valence-corrected chi connectivity index (χ1v) is 5.07. The molecular formula is C11H14N2O4. The van der Waals surface area contributed by atoms with Gasteiger partial charge >= 0.3 is 5.97 Å². The Kier molecular flexibility index (Phi) is 4.47. The van der Waals surface area contributed by atoms with Crippen LogP contribution >= 0.6 is 0 Å². The molecule has 0 saturated heterocycles. The third-order valence-electron chi connectivity index (χ3n) is 2.17. The van der Waals surface area contributed by atoms with Gasteiger partial charge in [-0.3, -0.25) is 9.59 Å². The van der Waals surface area contributed by atoms with Crippen LogP contribution in [0.4, 0.5) is 5.69 Å². The smallest absolute Gasteiger partial charge is 0.303 e. The van der Waals surface area contributed by atoms with Gasteiger partial charge in [-0.25, -0.2) is 0 Å². The summed E-state index contributed by atoms with van der Waals surface area (Å²) in [6, 6.07) is 5.31. The number of carbonyl (C=O) groups is 2. The van der Waals surface area contributed by atoms with Gasteiger partial charge in [0, 0.05) is 6.42 Å². The van der Waals surface area contributed by atoms with E-state index in [9.17, 15) is 14.7 Å². The molecule has 0 bridgehead atoms. The zero-order valence-electron chi connectivity index (χ0n) is 9.09. The molecule has 1 unspecified atom stereocenters. The minimum atomic E-state index is -1.00. The SMILES string of the molecule is NC(CCC(=O)O)C(=O)Nc1ccccc1O. The fraction of sp³-hybridized carbons (Fsp3) is 0.273. The van der Waals surface area contributed by atoms with Crippen LogP contribution in [0, 0.1) is 0 Å². The summed E-state index contributed by atoms with van der Waals surface area (Å²) in [7, 11) is 0. The largest absolute Gasteiger partial charge is 0.506 e. The van der Waals surface area contributed by atoms with E-state index in [1.165, 1.54) is 12.1 Å². The van der Waals surface area contributed by atoms with Crippen molar-refractivity contribution < 1.29 is 19.8 Å². The van der Waals surface area contributed by atoms with Crippen LogP contribution in [-0.2, 0) is 9.59 Å². The molecule has 0 aromatic heterocycles. The fourth-order valence-corrected chi connectivity index (χ4v) is 1.21. The molecule has 0 aliphatic carbocycles. The lowest BCUT2D eigenvalue weighted by molar-refractivity contribution is -0.137. The van der Waals surface area contributed by atoms with E-state index in [1.807, 2.05) is 0 Å². The van der Waals surface area contributed by atoms with E-state index >= 15 is 0 Å². The summed E-state index contributed by atoms with van der Waals surface area (Å²) in [5.41, 5.74) is 5.76. The van der Waals surface area contributed by atoms with Crippen molar-refractivity contribution in [3.63, 3.8) is 0 Å². The molecule has 6 nitrogen and oxygen atoms in total. The molecule has 0 spiro atoms. The molecule has 6 heteroatoms. The van der Waals surface area contributed by atoms with E-state index in [2.05, 4.69) is 5.32 Å². The standard InChI is InChI=1S/C11H14N2O4/c12-7(5-6-10(15)16)11(17)13-8-3-1-2-4-9(8)14/h1-4,7,14H,5-6,12H2,(H,13,17)(H,15,16). The van der Waals surface area contributed by atoms with E-state index in [0.29, 0.717) is 0 Å². The number of phenols is 1. The highest BCUT2D eigenvalue weighted by molar-refractivity contribution is 5.96. The molecule has 0 saturated carbocycles. The van der Waals surface area contributed by atoms with Crippen LogP contribution in [0.15, 0.2) is 24.3 Å². The topological polar surface area (TPSA) is 113 Å². The Morgan fingerprint density at radius 3 is 2.59 bits per heavy atom. The summed E-state index contributed by atoms with van der Waals surface area (Å²) in [6.45, 7) is 0. The van der Waals surface area contributed by atoms with E-state index in [-0.39, 0.29) is 24.3 Å². The number of hydrogen-bond donors (Lipinski definition) is 4. The summed E-state index contributed by atoms with van der Waals surface area (Å²) in [5.74, 6) is -1.59. The van der Waals surface area contributed by atoms with Gasteiger partial charge in [0.2, 0.25) is 5.91 Å². The number of carboxylic acids is 1. The normalized spacial score (nSPS) is 11.8. The number of amides is 1. The highest BCUT2D eigenvalue weighted by Crippen LogP contribution is 2.21. The molecule has 0 radical (unpaired) electrons. The molecule has 1 rings (SSSR count). The van der Waals surface area contributed by atoms with Crippen LogP contribution < -0.4 is 11.1 Å². The first kappa shape index (κ1) is 13.0. The van der Waals surface area contributed by atoms with Crippen molar-refractivity contribution in [1.29, 1.82) is 0 Å². The van der Waals surface area contributed by atoms with Crippen molar-refractivity contribution in [3.8, 4) is 5.75 Å². The van der Waals surface area contributed by atoms with Crippen molar-refractivity contribution in [2.45, 2.75) is 18.9 Å². The molecule has 92 valence electrons. The van der Waals surface area contributed by atoms with E-state index < -0.39 is 17.9 Å². The highest BCUT2D eigenvalue weighted by Gasteiger charge is 2.15. The van der Waals surface area contributed by atoms with Gasteiger partial charge in [0.05, 0.1) is 11.7 Å². The zero-order valence-corrected chi connectivity index (χ0v) is 9.09. The van der Waals surface area contributed by atoms with Crippen molar-refractivity contribution in [2.24, 2.45) is 5.73 Å². The lowest BCUT2D eigenvalue weighted by Crippen LogP contribution is -2.36. The summed E-state index contributed by atoms with van der Waals surface area (Å²) in [4.78, 5) is 21.8. The van der Waals surface area contributed by atoms with Crippen molar-refractivity contribution >= 4 is 17.6 Å². The maximum absolute atomic E-state index is 11.5. The minimum Gasteiger partial charge on any atom is -0.506 e. The van der Waals surface area contributed by atoms with Crippen LogP contribution in [0.3, 0.4) is 0 Å². The molecule has 5 N–H and O–H groups in total. The number of aliphatic carboxylic acids is 1. The summed E-state index contributed by atoms with van der Waals surface area (Å²) in [5, 5.41) is 20.3. The Morgan fingerprint density at radius 2 is 2.00 bits per heavy atom. The van der Waals surface area contributed by atoms with Gasteiger partial charge in [0.25, 0.3) is 0 Å². The Hall–Kier alpha value is -2.08. The van der Waals surface area contributed by atoms with Crippen molar-refractivity contribution in [2.75, 3.05) is 5.32 Å². The lowest BCUT2D eigenvalue weighted by Gasteiger charge is -2.11. The average molecular weight is 238 g/mol. The van der Waals surface area contributed by atoms with Gasteiger partial charge in [-0.05, 0) is 18.6 Å². The van der Waals surface area contributed by atoms with Gasteiger partial charge in [-0.1, -0.05) is 12.1 Å². The molecule has 0 fully saturated rings. The third kappa shape index (κ3) is 4.12. The number of para-hydroxylation sites is 2. The van der Waals surface area contributed by atoms with Gasteiger partial charge in [0.15, 0.2) is 0 Å². The maximum atomic E-state index is 11.5. The average Bonchev–Trinajstić information content (AvgIpc) is 2.28. The number of benzene rings is 1. The predicted molar refractivity (Wildman–Crippen MR) is 61.6 cm³/mol. The van der Waals surface area contributed by atoms with E-state index in [4.69, 9.17) is 10.8 Å². The third-order valence-corrected chi connectivity index (χ3v) is 2.17. The number of nitrogens with one attached hydrogen (secondary N) is 1. The molecule has 1 atom stereocenters. The van der Waals surface area contributed by atoms with E-state index in [0.717, 1.165) is 0 Å². The predicted octanol–water partition coefficient (Wildman–Crippen LogP) is 0.523. The number of phenolic OH excluding ortho intramolecular Hbond substituents is 1. The quantitative estimate of drug-likeness (QED) is 0.559. The van der Waals surface area contributed by atoms with Crippen LogP contribution in [0.25, 0.3) is 0 Å². The monoisotopic (exact) mass is 238 g/mol. The number of nitrogens with two attached hydrogens (primary N) is 1. The second-order valence-corrected chi connectivity index (χ2v) is 3.55. The summed E-state index contributed by atoms with van der Waals surface area (Å²) in [6.07, 6.45) is -0.121. The Bertz CT molecular complexity index is 420. The first-order chi connectivity index (χ1) is 8.00. The number of carbonyl (C=O) groups excluding carboxylic acids is 1. The van der Waals surface area contributed by atoms with Gasteiger partial charge in [-0.2, -0.15) is 0 Å². The number of hydrogen-bond acceptors (Lipinski definition) is 4. The fourth-order valence-electron chi connectivity index (χ4n) is 1.21. The molecule has 0 aliphatic rings. The highest BCUT2D eigenvalue weighted by atomic mass is 16.4. The van der Waals surface area contributed by atoms with Gasteiger partial charge in [0.1, 0.15) is 5.75 Å². The molecule has 1 aromatic carbocycles. The molecule has 0 aliphatic heterocycles. The second kappa shape index (κ2) is 5.86. The van der Waals surface area contributed by atoms with Crippen LogP contribution in [0.2, 0.25) is 0 Å². The second-order valence-electron chi connectivity index (χ2n) is 3.55. The van der Waals surface area contributed by atoms with Gasteiger partial charge < -0.3 is 21.3 Å². The van der Waals surface area contributed by atoms with Gasteiger partial charge in [-0.15, -0.1) is 0 Å². The lowest BCUT2D eigenvalue weighted by atomic mass is 10.1. The van der Waals surface area contributed by atoms with Crippen LogP contribution in [0.1, 0.15) is 12.8 Å². The number of carboxylic acid groups (broad SMARTS) is 1. The molecule has 1 amide bonds. The molecule has 1 aromatic rings. The number of aromatic hydroxyl groups is 1. The Balaban J connectivity index is 2.54. The maximum Gasteiger partial charge on any atom is 0.303 e. The number of anilines is 1.